The highest BCUT2D eigenvalue weighted by Gasteiger charge is 2.36. The van der Waals surface area contributed by atoms with Gasteiger partial charge in [0.05, 0.1) is 5.92 Å². The molecule has 1 amide bonds. The van der Waals surface area contributed by atoms with Crippen molar-refractivity contribution in [2.75, 3.05) is 13.1 Å². The Morgan fingerprint density at radius 1 is 1.22 bits per heavy atom. The summed E-state index contributed by atoms with van der Waals surface area (Å²) in [6.07, 6.45) is -4.09. The number of amides is 1. The van der Waals surface area contributed by atoms with Crippen LogP contribution in [0.1, 0.15) is 27.2 Å². The molecular formula is C11H18F3NO3. The van der Waals surface area contributed by atoms with E-state index in [1.807, 2.05) is 0 Å². The Kier molecular flexibility index (Phi) is 6.14. The number of aliphatic carboxylic acids is 1. The molecular weight excluding hydrogens is 251 g/mol. The Balaban J connectivity index is 4.80. The number of hydrogen-bond donors (Lipinski definition) is 1. The van der Waals surface area contributed by atoms with Crippen LogP contribution in [0.4, 0.5) is 13.2 Å². The SMILES string of the molecule is CCCN(CC(F)(F)F)C(=O)C(C)C(C)C(=O)O. The average molecular weight is 269 g/mol. The molecule has 0 bridgehead atoms. The van der Waals surface area contributed by atoms with Crippen molar-refractivity contribution >= 4 is 11.9 Å². The zero-order valence-corrected chi connectivity index (χ0v) is 10.6. The molecule has 0 spiro atoms. The molecule has 0 aliphatic heterocycles. The lowest BCUT2D eigenvalue weighted by atomic mass is 9.94. The second kappa shape index (κ2) is 6.61. The second-order valence-corrected chi connectivity index (χ2v) is 4.29. The van der Waals surface area contributed by atoms with Crippen LogP contribution >= 0.6 is 0 Å². The Morgan fingerprint density at radius 3 is 2.06 bits per heavy atom. The molecule has 2 unspecified atom stereocenters. The lowest BCUT2D eigenvalue weighted by Gasteiger charge is -2.27. The summed E-state index contributed by atoms with van der Waals surface area (Å²) in [5.41, 5.74) is 0. The lowest BCUT2D eigenvalue weighted by Crippen LogP contribution is -2.44. The Morgan fingerprint density at radius 2 is 1.72 bits per heavy atom. The van der Waals surface area contributed by atoms with Crippen LogP contribution < -0.4 is 0 Å². The van der Waals surface area contributed by atoms with Crippen molar-refractivity contribution < 1.29 is 27.9 Å². The largest absolute Gasteiger partial charge is 0.481 e. The molecule has 0 fully saturated rings. The van der Waals surface area contributed by atoms with Gasteiger partial charge in [0, 0.05) is 12.5 Å². The summed E-state index contributed by atoms with van der Waals surface area (Å²) in [5.74, 6) is -3.95. The van der Waals surface area contributed by atoms with Gasteiger partial charge in [0.1, 0.15) is 6.54 Å². The minimum Gasteiger partial charge on any atom is -0.481 e. The first kappa shape index (κ1) is 16.7. The maximum atomic E-state index is 12.3. The molecule has 0 heterocycles. The number of halogens is 3. The van der Waals surface area contributed by atoms with Crippen LogP contribution in [0.15, 0.2) is 0 Å². The molecule has 0 radical (unpaired) electrons. The lowest BCUT2D eigenvalue weighted by molar-refractivity contribution is -0.166. The summed E-state index contributed by atoms with van der Waals surface area (Å²) in [7, 11) is 0. The first-order valence-corrected chi connectivity index (χ1v) is 5.68. The Hall–Kier alpha value is -1.27. The van der Waals surface area contributed by atoms with E-state index < -0.39 is 36.4 Å². The van der Waals surface area contributed by atoms with Crippen LogP contribution in [0, 0.1) is 11.8 Å². The molecule has 4 nitrogen and oxygen atoms in total. The van der Waals surface area contributed by atoms with E-state index in [4.69, 9.17) is 5.11 Å². The molecule has 7 heteroatoms. The first-order valence-electron chi connectivity index (χ1n) is 5.68. The zero-order valence-electron chi connectivity index (χ0n) is 10.6. The van der Waals surface area contributed by atoms with E-state index in [0.29, 0.717) is 11.3 Å². The number of carboxylic acids is 1. The number of carbonyl (C=O) groups is 2. The molecule has 0 saturated carbocycles. The van der Waals surface area contributed by atoms with Gasteiger partial charge in [0.15, 0.2) is 0 Å². The van der Waals surface area contributed by atoms with Crippen molar-refractivity contribution in [3.8, 4) is 0 Å². The number of carboxylic acid groups (broad SMARTS) is 1. The minimum absolute atomic E-state index is 0.0327. The maximum Gasteiger partial charge on any atom is 0.406 e. The Labute approximate surface area is 104 Å². The summed E-state index contributed by atoms with van der Waals surface area (Å²) >= 11 is 0. The van der Waals surface area contributed by atoms with Gasteiger partial charge in [-0.3, -0.25) is 9.59 Å². The third kappa shape index (κ3) is 5.37. The number of nitrogens with zero attached hydrogens (tertiary/aromatic N) is 1. The molecule has 0 aliphatic carbocycles. The van der Waals surface area contributed by atoms with Crippen LogP contribution in [0.2, 0.25) is 0 Å². The van der Waals surface area contributed by atoms with E-state index in [1.54, 1.807) is 6.92 Å². The first-order chi connectivity index (χ1) is 8.10. The topological polar surface area (TPSA) is 57.6 Å². The van der Waals surface area contributed by atoms with Crippen LogP contribution in [-0.4, -0.2) is 41.1 Å². The smallest absolute Gasteiger partial charge is 0.406 e. The van der Waals surface area contributed by atoms with Crippen molar-refractivity contribution in [2.45, 2.75) is 33.4 Å². The monoisotopic (exact) mass is 269 g/mol. The molecule has 0 aromatic carbocycles. The summed E-state index contributed by atoms with van der Waals surface area (Å²) in [6, 6.07) is 0. The van der Waals surface area contributed by atoms with E-state index in [2.05, 4.69) is 0 Å². The maximum absolute atomic E-state index is 12.3. The predicted octanol–water partition coefficient (Wildman–Crippen LogP) is 2.14. The van der Waals surface area contributed by atoms with Crippen LogP contribution in [-0.2, 0) is 9.59 Å². The van der Waals surface area contributed by atoms with E-state index in [1.165, 1.54) is 13.8 Å². The highest BCUT2D eigenvalue weighted by atomic mass is 19.4. The minimum atomic E-state index is -4.48. The van der Waals surface area contributed by atoms with Crippen molar-refractivity contribution in [3.63, 3.8) is 0 Å². The van der Waals surface area contributed by atoms with Gasteiger partial charge < -0.3 is 10.0 Å². The number of hydrogen-bond acceptors (Lipinski definition) is 2. The number of rotatable bonds is 6. The summed E-state index contributed by atoms with van der Waals surface area (Å²) in [4.78, 5) is 23.2. The van der Waals surface area contributed by atoms with Gasteiger partial charge in [0.25, 0.3) is 0 Å². The van der Waals surface area contributed by atoms with Crippen LogP contribution in [0.3, 0.4) is 0 Å². The van der Waals surface area contributed by atoms with Gasteiger partial charge in [-0.25, -0.2) is 0 Å². The second-order valence-electron chi connectivity index (χ2n) is 4.29. The fourth-order valence-electron chi connectivity index (χ4n) is 1.47. The molecule has 0 aromatic heterocycles. The standard InChI is InChI=1S/C11H18F3NO3/c1-4-5-15(6-11(12,13)14)9(16)7(2)8(3)10(17)18/h7-8H,4-6H2,1-3H3,(H,17,18). The van der Waals surface area contributed by atoms with Crippen LogP contribution in [0.5, 0.6) is 0 Å². The molecule has 0 rings (SSSR count). The third-order valence-electron chi connectivity index (χ3n) is 2.70. The van der Waals surface area contributed by atoms with E-state index in [9.17, 15) is 22.8 Å². The van der Waals surface area contributed by atoms with Gasteiger partial charge in [-0.05, 0) is 6.42 Å². The molecule has 18 heavy (non-hydrogen) atoms. The molecule has 1 N–H and O–H groups in total. The van der Waals surface area contributed by atoms with Gasteiger partial charge in [-0.1, -0.05) is 20.8 Å². The fraction of sp³-hybridized carbons (Fsp3) is 0.818. The van der Waals surface area contributed by atoms with Crippen LogP contribution in [0.25, 0.3) is 0 Å². The summed E-state index contributed by atoms with van der Waals surface area (Å²) < 4.78 is 36.9. The van der Waals surface area contributed by atoms with E-state index in [0.717, 1.165) is 0 Å². The fourth-order valence-corrected chi connectivity index (χ4v) is 1.47. The quantitative estimate of drug-likeness (QED) is 0.803. The molecule has 0 aromatic rings. The van der Waals surface area contributed by atoms with Crippen molar-refractivity contribution in [2.24, 2.45) is 11.8 Å². The van der Waals surface area contributed by atoms with Gasteiger partial charge in [-0.15, -0.1) is 0 Å². The van der Waals surface area contributed by atoms with E-state index >= 15 is 0 Å². The molecule has 0 aliphatic rings. The zero-order chi connectivity index (χ0) is 14.5. The predicted molar refractivity (Wildman–Crippen MR) is 58.9 cm³/mol. The van der Waals surface area contributed by atoms with Crippen molar-refractivity contribution in [3.05, 3.63) is 0 Å². The highest BCUT2D eigenvalue weighted by Crippen LogP contribution is 2.20. The van der Waals surface area contributed by atoms with Crippen molar-refractivity contribution in [1.29, 1.82) is 0 Å². The van der Waals surface area contributed by atoms with E-state index in [-0.39, 0.29) is 6.54 Å². The highest BCUT2D eigenvalue weighted by molar-refractivity contribution is 5.84. The number of carbonyl (C=O) groups excluding carboxylic acids is 1. The molecule has 0 saturated heterocycles. The normalized spacial score (nSPS) is 15.0. The molecule has 106 valence electrons. The van der Waals surface area contributed by atoms with Gasteiger partial charge >= 0.3 is 12.1 Å². The van der Waals surface area contributed by atoms with Crippen molar-refractivity contribution in [1.82, 2.24) is 4.90 Å². The Bertz CT molecular complexity index is 304. The average Bonchev–Trinajstić information content (AvgIpc) is 2.23. The molecule has 2 atom stereocenters. The summed E-state index contributed by atoms with van der Waals surface area (Å²) in [5, 5.41) is 8.75. The summed E-state index contributed by atoms with van der Waals surface area (Å²) in [6.45, 7) is 2.93. The number of alkyl halides is 3. The van der Waals surface area contributed by atoms with Gasteiger partial charge in [0.2, 0.25) is 5.91 Å². The third-order valence-corrected chi connectivity index (χ3v) is 2.70. The van der Waals surface area contributed by atoms with Gasteiger partial charge in [-0.2, -0.15) is 13.2 Å².